The van der Waals surface area contributed by atoms with Crippen molar-refractivity contribution in [3.63, 3.8) is 0 Å². The van der Waals surface area contributed by atoms with Crippen LogP contribution in [0.4, 0.5) is 0 Å². The van der Waals surface area contributed by atoms with Crippen molar-refractivity contribution >= 4 is 43.6 Å². The fourth-order valence-corrected chi connectivity index (χ4v) is 5.01. The summed E-state index contributed by atoms with van der Waals surface area (Å²) in [6.07, 6.45) is 0.910. The molecule has 0 bridgehead atoms. The number of fused-ring (bicyclic) bond motifs is 1. The number of hydrogen-bond donors (Lipinski definition) is 1. The van der Waals surface area contributed by atoms with Gasteiger partial charge in [0.25, 0.3) is 5.56 Å². The van der Waals surface area contributed by atoms with Crippen LogP contribution in [0, 0.1) is 4.77 Å². The van der Waals surface area contributed by atoms with Crippen LogP contribution < -0.4 is 5.56 Å². The number of nitrogens with one attached hydrogen (secondary N) is 1. The zero-order chi connectivity index (χ0) is 13.6. The fraction of sp³-hybridized carbons (Fsp3) is 0.455. The summed E-state index contributed by atoms with van der Waals surface area (Å²) in [5, 5.41) is 1.84. The van der Waals surface area contributed by atoms with E-state index in [4.69, 9.17) is 12.2 Å². The smallest absolute Gasteiger partial charge is 0.272 e. The molecule has 2 aromatic heterocycles. The maximum atomic E-state index is 12.4. The third-order valence-electron chi connectivity index (χ3n) is 3.43. The Hall–Kier alpha value is -0.990. The number of rotatable bonds is 1. The van der Waals surface area contributed by atoms with Crippen LogP contribution in [0.5, 0.6) is 0 Å². The van der Waals surface area contributed by atoms with E-state index in [2.05, 4.69) is 4.98 Å². The Morgan fingerprint density at radius 1 is 1.37 bits per heavy atom. The van der Waals surface area contributed by atoms with E-state index in [1.54, 1.807) is 4.57 Å². The minimum atomic E-state index is -2.94. The average Bonchev–Trinajstić information content (AvgIpc) is 2.79. The number of thiophene rings is 1. The highest BCUT2D eigenvalue weighted by atomic mass is 32.2. The lowest BCUT2D eigenvalue weighted by Gasteiger charge is -2.23. The third kappa shape index (κ3) is 2.28. The molecule has 3 heterocycles. The SMILES string of the molecule is O=c1c2sccc2[nH]c(=S)n1C1CCS(=O)(=O)CC1. The number of H-pyrrole nitrogens is 1. The first-order chi connectivity index (χ1) is 8.98. The molecule has 102 valence electrons. The number of nitrogens with zero attached hydrogens (tertiary/aromatic N) is 1. The molecule has 5 nitrogen and oxygen atoms in total. The van der Waals surface area contributed by atoms with Crippen molar-refractivity contribution in [3.8, 4) is 0 Å². The molecule has 3 rings (SSSR count). The highest BCUT2D eigenvalue weighted by molar-refractivity contribution is 7.91. The summed E-state index contributed by atoms with van der Waals surface area (Å²) >= 11 is 6.60. The Morgan fingerprint density at radius 2 is 2.05 bits per heavy atom. The molecule has 0 radical (unpaired) electrons. The monoisotopic (exact) mass is 316 g/mol. The number of hydrogen-bond acceptors (Lipinski definition) is 5. The van der Waals surface area contributed by atoms with Crippen LogP contribution in [0.25, 0.3) is 10.2 Å². The molecule has 1 saturated heterocycles. The maximum Gasteiger partial charge on any atom is 0.272 e. The maximum absolute atomic E-state index is 12.4. The van der Waals surface area contributed by atoms with E-state index in [0.717, 1.165) is 5.52 Å². The van der Waals surface area contributed by atoms with Gasteiger partial charge in [-0.1, -0.05) is 0 Å². The van der Waals surface area contributed by atoms with Gasteiger partial charge < -0.3 is 4.98 Å². The van der Waals surface area contributed by atoms with Crippen molar-refractivity contribution in [2.24, 2.45) is 0 Å². The Bertz CT molecular complexity index is 830. The first-order valence-electron chi connectivity index (χ1n) is 5.90. The fourth-order valence-electron chi connectivity index (χ4n) is 2.42. The molecule has 1 fully saturated rings. The van der Waals surface area contributed by atoms with Crippen molar-refractivity contribution in [2.45, 2.75) is 18.9 Å². The molecule has 2 aromatic rings. The van der Waals surface area contributed by atoms with Gasteiger partial charge in [-0.15, -0.1) is 11.3 Å². The summed E-state index contributed by atoms with van der Waals surface area (Å²) in [6, 6.07) is 1.71. The first kappa shape index (κ1) is 13.0. The second-order valence-corrected chi connectivity index (χ2v) is 8.26. The second kappa shape index (κ2) is 4.53. The van der Waals surface area contributed by atoms with Crippen molar-refractivity contribution < 1.29 is 8.42 Å². The molecule has 0 aromatic carbocycles. The van der Waals surface area contributed by atoms with Gasteiger partial charge in [0, 0.05) is 6.04 Å². The highest BCUT2D eigenvalue weighted by Gasteiger charge is 2.26. The van der Waals surface area contributed by atoms with Gasteiger partial charge in [-0.3, -0.25) is 9.36 Å². The van der Waals surface area contributed by atoms with Crippen LogP contribution in [0.3, 0.4) is 0 Å². The van der Waals surface area contributed by atoms with Gasteiger partial charge in [-0.2, -0.15) is 0 Å². The minimum Gasteiger partial charge on any atom is -0.331 e. The summed E-state index contributed by atoms with van der Waals surface area (Å²) < 4.78 is 25.5. The van der Waals surface area contributed by atoms with Gasteiger partial charge in [-0.05, 0) is 36.5 Å². The van der Waals surface area contributed by atoms with E-state index < -0.39 is 9.84 Å². The molecule has 19 heavy (non-hydrogen) atoms. The van der Waals surface area contributed by atoms with Crippen LogP contribution in [0.15, 0.2) is 16.2 Å². The normalized spacial score (nSPS) is 19.8. The van der Waals surface area contributed by atoms with Crippen molar-refractivity contribution in [1.82, 2.24) is 9.55 Å². The molecule has 0 amide bonds. The van der Waals surface area contributed by atoms with Crippen LogP contribution in [-0.2, 0) is 9.84 Å². The van der Waals surface area contributed by atoms with Crippen LogP contribution in [0.2, 0.25) is 0 Å². The second-order valence-electron chi connectivity index (χ2n) is 4.65. The molecule has 1 aliphatic rings. The predicted molar refractivity (Wildman–Crippen MR) is 78.2 cm³/mol. The zero-order valence-electron chi connectivity index (χ0n) is 9.96. The summed E-state index contributed by atoms with van der Waals surface area (Å²) in [6.45, 7) is 0. The molecule has 8 heteroatoms. The molecule has 0 spiro atoms. The highest BCUT2D eigenvalue weighted by Crippen LogP contribution is 2.24. The van der Waals surface area contributed by atoms with E-state index in [9.17, 15) is 13.2 Å². The Morgan fingerprint density at radius 3 is 2.74 bits per heavy atom. The average molecular weight is 316 g/mol. The van der Waals surface area contributed by atoms with Crippen molar-refractivity contribution in [3.05, 3.63) is 26.6 Å². The molecule has 0 aliphatic carbocycles. The number of aromatic amines is 1. The van der Waals surface area contributed by atoms with Crippen molar-refractivity contribution in [2.75, 3.05) is 11.5 Å². The minimum absolute atomic E-state index is 0.113. The van der Waals surface area contributed by atoms with Gasteiger partial charge in [0.2, 0.25) is 0 Å². The Kier molecular flexibility index (Phi) is 3.11. The van der Waals surface area contributed by atoms with E-state index in [1.165, 1.54) is 11.3 Å². The molecule has 1 N–H and O–H groups in total. The molecular weight excluding hydrogens is 304 g/mol. The Labute approximate surface area is 118 Å². The van der Waals surface area contributed by atoms with Gasteiger partial charge in [0.15, 0.2) is 4.77 Å². The van der Waals surface area contributed by atoms with E-state index in [0.29, 0.717) is 22.3 Å². The molecule has 0 unspecified atom stereocenters. The standard InChI is InChI=1S/C11H12N2O3S3/c14-10-9-8(1-4-18-9)12-11(17)13(10)7-2-5-19(15,16)6-3-7/h1,4,7H,2-3,5-6H2,(H,12,17). The van der Waals surface area contributed by atoms with Gasteiger partial charge >= 0.3 is 0 Å². The summed E-state index contributed by atoms with van der Waals surface area (Å²) in [7, 11) is -2.94. The third-order valence-corrected chi connectivity index (χ3v) is 6.34. The summed E-state index contributed by atoms with van der Waals surface area (Å²) in [5.74, 6) is 0.253. The van der Waals surface area contributed by atoms with E-state index in [-0.39, 0.29) is 23.1 Å². The van der Waals surface area contributed by atoms with Crippen LogP contribution in [0.1, 0.15) is 18.9 Å². The topological polar surface area (TPSA) is 71.9 Å². The van der Waals surface area contributed by atoms with Crippen molar-refractivity contribution in [1.29, 1.82) is 0 Å². The zero-order valence-corrected chi connectivity index (χ0v) is 12.4. The van der Waals surface area contributed by atoms with Gasteiger partial charge in [0.1, 0.15) is 14.5 Å². The lowest BCUT2D eigenvalue weighted by molar-refractivity contribution is 0.432. The first-order valence-corrected chi connectivity index (χ1v) is 9.01. The largest absolute Gasteiger partial charge is 0.331 e. The quantitative estimate of drug-likeness (QED) is 0.815. The van der Waals surface area contributed by atoms with E-state index in [1.807, 2.05) is 11.4 Å². The summed E-state index contributed by atoms with van der Waals surface area (Å²) in [5.41, 5.74) is 0.637. The molecular formula is C11H12N2O3S3. The molecule has 0 atom stereocenters. The number of aromatic nitrogens is 2. The lowest BCUT2D eigenvalue weighted by atomic mass is 10.1. The molecule has 1 aliphatic heterocycles. The lowest BCUT2D eigenvalue weighted by Crippen LogP contribution is -2.32. The molecule has 0 saturated carbocycles. The Balaban J connectivity index is 2.11. The van der Waals surface area contributed by atoms with Gasteiger partial charge in [-0.25, -0.2) is 8.42 Å². The van der Waals surface area contributed by atoms with E-state index >= 15 is 0 Å². The van der Waals surface area contributed by atoms with Crippen LogP contribution in [-0.4, -0.2) is 29.5 Å². The van der Waals surface area contributed by atoms with Crippen LogP contribution >= 0.6 is 23.6 Å². The summed E-state index contributed by atoms with van der Waals surface area (Å²) in [4.78, 5) is 15.4. The number of sulfone groups is 1. The predicted octanol–water partition coefficient (Wildman–Crippen LogP) is 1.87. The van der Waals surface area contributed by atoms with Gasteiger partial charge in [0.05, 0.1) is 17.0 Å².